The molecular formula is C24H17N3. The molecule has 0 fully saturated rings. The molecule has 0 amide bonds. The van der Waals surface area contributed by atoms with Gasteiger partial charge in [-0.2, -0.15) is 0 Å². The molecule has 3 aromatic carbocycles. The number of benzene rings is 3. The van der Waals surface area contributed by atoms with Gasteiger partial charge in [0, 0.05) is 52.2 Å². The number of rotatable bonds is 1. The first kappa shape index (κ1) is 14.6. The van der Waals surface area contributed by atoms with E-state index in [9.17, 15) is 0 Å². The molecule has 0 radical (unpaired) electrons. The molecule has 0 saturated carbocycles. The van der Waals surface area contributed by atoms with Gasteiger partial charge in [0.05, 0.1) is 16.6 Å². The second kappa shape index (κ2) is 5.21. The van der Waals surface area contributed by atoms with Gasteiger partial charge in [0.25, 0.3) is 0 Å². The minimum absolute atomic E-state index is 1.13. The Labute approximate surface area is 156 Å². The summed E-state index contributed by atoms with van der Waals surface area (Å²) in [5.41, 5.74) is 6.12. The van der Waals surface area contributed by atoms with E-state index in [1.807, 2.05) is 12.4 Å². The summed E-state index contributed by atoms with van der Waals surface area (Å²) in [6.45, 7) is 0. The van der Waals surface area contributed by atoms with E-state index in [2.05, 4.69) is 94.0 Å². The molecule has 0 saturated heterocycles. The van der Waals surface area contributed by atoms with Crippen LogP contribution < -0.4 is 0 Å². The van der Waals surface area contributed by atoms with Crippen LogP contribution in [0.5, 0.6) is 0 Å². The van der Waals surface area contributed by atoms with Gasteiger partial charge in [-0.05, 0) is 24.3 Å². The van der Waals surface area contributed by atoms with Gasteiger partial charge in [-0.15, -0.1) is 0 Å². The van der Waals surface area contributed by atoms with Gasteiger partial charge < -0.3 is 9.13 Å². The Hall–Kier alpha value is -3.59. The maximum absolute atomic E-state index is 4.21. The number of aromatic nitrogens is 3. The van der Waals surface area contributed by atoms with Crippen LogP contribution >= 0.6 is 0 Å². The zero-order valence-corrected chi connectivity index (χ0v) is 14.9. The molecule has 0 spiro atoms. The quantitative estimate of drug-likeness (QED) is 0.367. The summed E-state index contributed by atoms with van der Waals surface area (Å²) in [6.07, 6.45) is 3.72. The van der Waals surface area contributed by atoms with Crippen molar-refractivity contribution < 1.29 is 0 Å². The number of hydrogen-bond acceptors (Lipinski definition) is 1. The van der Waals surface area contributed by atoms with E-state index in [4.69, 9.17) is 0 Å². The third kappa shape index (κ3) is 1.83. The van der Waals surface area contributed by atoms with E-state index < -0.39 is 0 Å². The van der Waals surface area contributed by atoms with Crippen LogP contribution in [0.15, 0.2) is 85.2 Å². The second-order valence-corrected chi connectivity index (χ2v) is 6.99. The highest BCUT2D eigenvalue weighted by atomic mass is 15.0. The van der Waals surface area contributed by atoms with Gasteiger partial charge in [-0.3, -0.25) is 4.98 Å². The molecule has 0 unspecified atom stereocenters. The molecule has 3 heteroatoms. The Bertz CT molecular complexity index is 1470. The van der Waals surface area contributed by atoms with Crippen molar-refractivity contribution in [1.82, 2.24) is 14.1 Å². The van der Waals surface area contributed by atoms with Crippen LogP contribution in [0.4, 0.5) is 0 Å². The Morgan fingerprint density at radius 3 is 1.93 bits per heavy atom. The molecule has 3 heterocycles. The summed E-state index contributed by atoms with van der Waals surface area (Å²) >= 11 is 0. The lowest BCUT2D eigenvalue weighted by Gasteiger charge is -2.09. The van der Waals surface area contributed by atoms with E-state index in [1.165, 1.54) is 43.6 Å². The fraction of sp³-hybridized carbons (Fsp3) is 0.0417. The predicted octanol–water partition coefficient (Wildman–Crippen LogP) is 5.82. The molecule has 3 aromatic heterocycles. The van der Waals surface area contributed by atoms with Crippen LogP contribution in [0.1, 0.15) is 0 Å². The minimum Gasteiger partial charge on any atom is -0.342 e. The van der Waals surface area contributed by atoms with Gasteiger partial charge >= 0.3 is 0 Å². The average molecular weight is 347 g/mol. The molecule has 0 bridgehead atoms. The molecule has 27 heavy (non-hydrogen) atoms. The van der Waals surface area contributed by atoms with Crippen molar-refractivity contribution in [3.63, 3.8) is 0 Å². The zero-order chi connectivity index (χ0) is 18.0. The number of fused-ring (bicyclic) bond motifs is 7. The molecule has 128 valence electrons. The van der Waals surface area contributed by atoms with Crippen LogP contribution in [0.2, 0.25) is 0 Å². The highest BCUT2D eigenvalue weighted by molar-refractivity contribution is 6.23. The summed E-state index contributed by atoms with van der Waals surface area (Å²) < 4.78 is 4.69. The van der Waals surface area contributed by atoms with Crippen molar-refractivity contribution >= 4 is 43.6 Å². The van der Waals surface area contributed by atoms with Gasteiger partial charge in [-0.1, -0.05) is 48.5 Å². The van der Waals surface area contributed by atoms with Crippen LogP contribution in [-0.2, 0) is 7.05 Å². The highest BCUT2D eigenvalue weighted by Gasteiger charge is 2.18. The number of aryl methyl sites for hydroxylation is 1. The normalized spacial score (nSPS) is 11.9. The molecule has 0 aliphatic heterocycles. The Kier molecular flexibility index (Phi) is 2.81. The maximum Gasteiger partial charge on any atom is 0.0785 e. The second-order valence-electron chi connectivity index (χ2n) is 6.99. The van der Waals surface area contributed by atoms with E-state index in [1.54, 1.807) is 0 Å². The van der Waals surface area contributed by atoms with E-state index in [0.29, 0.717) is 0 Å². The van der Waals surface area contributed by atoms with Crippen molar-refractivity contribution in [1.29, 1.82) is 0 Å². The Morgan fingerprint density at radius 1 is 0.593 bits per heavy atom. The first-order valence-corrected chi connectivity index (χ1v) is 9.14. The first-order chi connectivity index (χ1) is 13.3. The lowest BCUT2D eigenvalue weighted by molar-refractivity contribution is 1.01. The van der Waals surface area contributed by atoms with E-state index >= 15 is 0 Å². The van der Waals surface area contributed by atoms with E-state index in [-0.39, 0.29) is 0 Å². The SMILES string of the molecule is Cn1c2ccccc2c2ccc3c4ccccc4n(-c4ccncc4)c3c21. The number of para-hydroxylation sites is 2. The standard InChI is InChI=1S/C24H17N3/c1-26-21-8-4-2-6-17(21)19-10-11-20-18-7-3-5-9-22(18)27(24(20)23(19)26)16-12-14-25-15-13-16/h2-15H,1H3. The van der Waals surface area contributed by atoms with Crippen molar-refractivity contribution in [2.45, 2.75) is 0 Å². The van der Waals surface area contributed by atoms with Crippen molar-refractivity contribution in [2.75, 3.05) is 0 Å². The molecule has 0 aliphatic rings. The summed E-state index contributed by atoms with van der Waals surface area (Å²) in [5, 5.41) is 5.14. The molecule has 0 atom stereocenters. The molecule has 3 nitrogen and oxygen atoms in total. The number of pyridine rings is 1. The average Bonchev–Trinajstić information content (AvgIpc) is 3.22. The highest BCUT2D eigenvalue weighted by Crippen LogP contribution is 2.39. The van der Waals surface area contributed by atoms with Gasteiger partial charge in [0.1, 0.15) is 0 Å². The van der Waals surface area contributed by atoms with Gasteiger partial charge in [0.15, 0.2) is 0 Å². The molecular weight excluding hydrogens is 330 g/mol. The summed E-state index contributed by atoms with van der Waals surface area (Å²) in [5.74, 6) is 0. The molecule has 0 N–H and O–H groups in total. The van der Waals surface area contributed by atoms with Gasteiger partial charge in [-0.25, -0.2) is 0 Å². The van der Waals surface area contributed by atoms with E-state index in [0.717, 1.165) is 5.69 Å². The van der Waals surface area contributed by atoms with Gasteiger partial charge in [0.2, 0.25) is 0 Å². The lowest BCUT2D eigenvalue weighted by atomic mass is 10.1. The third-order valence-corrected chi connectivity index (χ3v) is 5.62. The van der Waals surface area contributed by atoms with Crippen molar-refractivity contribution in [3.05, 3.63) is 85.2 Å². The zero-order valence-electron chi connectivity index (χ0n) is 14.9. The first-order valence-electron chi connectivity index (χ1n) is 9.14. The van der Waals surface area contributed by atoms with Crippen LogP contribution in [0, 0.1) is 0 Å². The minimum atomic E-state index is 1.13. The van der Waals surface area contributed by atoms with Crippen LogP contribution in [0.3, 0.4) is 0 Å². The lowest BCUT2D eigenvalue weighted by Crippen LogP contribution is -1.96. The topological polar surface area (TPSA) is 22.8 Å². The number of hydrogen-bond donors (Lipinski definition) is 0. The van der Waals surface area contributed by atoms with Crippen molar-refractivity contribution in [2.24, 2.45) is 7.05 Å². The van der Waals surface area contributed by atoms with Crippen LogP contribution in [-0.4, -0.2) is 14.1 Å². The summed E-state index contributed by atoms with van der Waals surface area (Å²) in [4.78, 5) is 4.21. The molecule has 6 rings (SSSR count). The fourth-order valence-corrected chi connectivity index (χ4v) is 4.47. The Morgan fingerprint density at radius 2 is 1.19 bits per heavy atom. The predicted molar refractivity (Wildman–Crippen MR) is 113 cm³/mol. The number of nitrogens with zero attached hydrogens (tertiary/aromatic N) is 3. The molecule has 0 aliphatic carbocycles. The Balaban J connectivity index is 1.96. The smallest absolute Gasteiger partial charge is 0.0785 e. The third-order valence-electron chi connectivity index (χ3n) is 5.62. The summed E-state index contributed by atoms with van der Waals surface area (Å²) in [6, 6.07) is 26.0. The molecule has 6 aromatic rings. The monoisotopic (exact) mass is 347 g/mol. The fourth-order valence-electron chi connectivity index (χ4n) is 4.47. The van der Waals surface area contributed by atoms with Crippen molar-refractivity contribution in [3.8, 4) is 5.69 Å². The summed E-state index contributed by atoms with van der Waals surface area (Å²) in [7, 11) is 2.17. The van der Waals surface area contributed by atoms with Crippen LogP contribution in [0.25, 0.3) is 49.3 Å². The maximum atomic E-state index is 4.21. The largest absolute Gasteiger partial charge is 0.342 e.